The molecule has 1 aromatic rings. The van der Waals surface area contributed by atoms with E-state index in [0.717, 1.165) is 22.2 Å². The highest BCUT2D eigenvalue weighted by Crippen LogP contribution is 2.50. The molecule has 0 bridgehead atoms. The van der Waals surface area contributed by atoms with Gasteiger partial charge in [0.2, 0.25) is 0 Å². The predicted molar refractivity (Wildman–Crippen MR) is 70.1 cm³/mol. The van der Waals surface area contributed by atoms with Gasteiger partial charge in [0.05, 0.1) is 0 Å². The molecule has 0 spiro atoms. The molecule has 2 heterocycles. The average molecular weight is 314 g/mol. The van der Waals surface area contributed by atoms with E-state index in [9.17, 15) is 4.79 Å². The molecule has 0 radical (unpaired) electrons. The maximum absolute atomic E-state index is 12.4. The molecule has 90 valence electrons. The summed E-state index contributed by atoms with van der Waals surface area (Å²) < 4.78 is 0.994. The molecule has 1 aliphatic heterocycles. The highest BCUT2D eigenvalue weighted by atomic mass is 79.9. The number of carbonyl (C=O) groups excluding carboxylic acids is 1. The number of halogens is 1. The van der Waals surface area contributed by atoms with E-state index < -0.39 is 5.54 Å². The summed E-state index contributed by atoms with van der Waals surface area (Å²) in [5.74, 6) is 0.525. The summed E-state index contributed by atoms with van der Waals surface area (Å²) in [7, 11) is 1.66. The maximum Gasteiger partial charge on any atom is 0.260 e. The minimum atomic E-state index is -0.678. The lowest BCUT2D eigenvalue weighted by atomic mass is 9.91. The Labute approximate surface area is 112 Å². The molecule has 2 aliphatic rings. The molecule has 1 atom stereocenters. The molecule has 1 unspecified atom stereocenters. The van der Waals surface area contributed by atoms with Crippen LogP contribution in [0.3, 0.4) is 0 Å². The smallest absolute Gasteiger partial charge is 0.260 e. The quantitative estimate of drug-likeness (QED) is 0.878. The van der Waals surface area contributed by atoms with Gasteiger partial charge in [-0.05, 0) is 40.8 Å². The van der Waals surface area contributed by atoms with Gasteiger partial charge in [-0.1, -0.05) is 0 Å². The number of amides is 1. The number of carbonyl (C=O) groups is 1. The van der Waals surface area contributed by atoms with Crippen molar-refractivity contribution in [1.29, 1.82) is 5.41 Å². The Morgan fingerprint density at radius 3 is 2.76 bits per heavy atom. The number of thiophene rings is 1. The number of guanidine groups is 1. The van der Waals surface area contributed by atoms with Gasteiger partial charge in [0.1, 0.15) is 0 Å². The van der Waals surface area contributed by atoms with Crippen LogP contribution in [0.25, 0.3) is 0 Å². The van der Waals surface area contributed by atoms with Crippen LogP contribution in [0.15, 0.2) is 15.9 Å². The molecule has 2 N–H and O–H groups in total. The van der Waals surface area contributed by atoms with Crippen LogP contribution in [0.1, 0.15) is 17.7 Å². The zero-order chi connectivity index (χ0) is 12.2. The van der Waals surface area contributed by atoms with Crippen LogP contribution in [0.5, 0.6) is 0 Å². The molecule has 6 heteroatoms. The van der Waals surface area contributed by atoms with Crippen LogP contribution in [0.4, 0.5) is 0 Å². The minimum Gasteiger partial charge on any atom is -0.337 e. The highest BCUT2D eigenvalue weighted by Gasteiger charge is 2.58. The fourth-order valence-electron chi connectivity index (χ4n) is 2.37. The second-order valence-corrected chi connectivity index (χ2v) is 6.38. The van der Waals surface area contributed by atoms with Gasteiger partial charge in [0.25, 0.3) is 5.91 Å². The standard InChI is InChI=1S/C11H12BrN3OS/c1-15-9(16)11(6-2-3-6,14-10(15)13)8-4-7(12)5-17-8/h4-6H,2-3H2,1H3,(H2,13,14). The first kappa shape index (κ1) is 11.2. The Bertz CT molecular complexity index is 511. The van der Waals surface area contributed by atoms with Crippen LogP contribution < -0.4 is 5.32 Å². The molecule has 2 fully saturated rings. The van der Waals surface area contributed by atoms with E-state index in [1.54, 1.807) is 18.4 Å². The fourth-order valence-corrected chi connectivity index (χ4v) is 4.03. The summed E-state index contributed by atoms with van der Waals surface area (Å²) in [5, 5.41) is 12.9. The number of likely N-dealkylation sites (N-methyl/N-ethyl adjacent to an activating group) is 1. The highest BCUT2D eigenvalue weighted by molar-refractivity contribution is 9.10. The molecule has 1 saturated heterocycles. The van der Waals surface area contributed by atoms with Crippen molar-refractivity contribution in [2.45, 2.75) is 18.4 Å². The van der Waals surface area contributed by atoms with Gasteiger partial charge in [-0.15, -0.1) is 11.3 Å². The number of hydrogen-bond donors (Lipinski definition) is 2. The Hall–Kier alpha value is -0.880. The van der Waals surface area contributed by atoms with E-state index in [0.29, 0.717) is 5.92 Å². The van der Waals surface area contributed by atoms with Crippen LogP contribution in [0, 0.1) is 11.3 Å². The van der Waals surface area contributed by atoms with E-state index in [1.165, 1.54) is 4.90 Å². The van der Waals surface area contributed by atoms with Crippen molar-refractivity contribution in [3.63, 3.8) is 0 Å². The van der Waals surface area contributed by atoms with Crippen LogP contribution in [-0.2, 0) is 10.3 Å². The van der Waals surface area contributed by atoms with Crippen molar-refractivity contribution in [3.8, 4) is 0 Å². The fraction of sp³-hybridized carbons (Fsp3) is 0.455. The lowest BCUT2D eigenvalue weighted by Gasteiger charge is -2.25. The Kier molecular flexibility index (Phi) is 2.35. The van der Waals surface area contributed by atoms with Crippen molar-refractivity contribution < 1.29 is 4.79 Å². The Morgan fingerprint density at radius 1 is 1.65 bits per heavy atom. The zero-order valence-corrected chi connectivity index (χ0v) is 11.7. The molecule has 17 heavy (non-hydrogen) atoms. The van der Waals surface area contributed by atoms with Crippen molar-refractivity contribution in [3.05, 3.63) is 20.8 Å². The summed E-state index contributed by atoms with van der Waals surface area (Å²) in [6.07, 6.45) is 2.10. The second kappa shape index (κ2) is 3.55. The molecule has 0 aromatic carbocycles. The molecule has 1 aromatic heterocycles. The van der Waals surface area contributed by atoms with E-state index in [1.807, 2.05) is 11.4 Å². The lowest BCUT2D eigenvalue weighted by Crippen LogP contribution is -2.45. The van der Waals surface area contributed by atoms with Gasteiger partial charge >= 0.3 is 0 Å². The summed E-state index contributed by atoms with van der Waals surface area (Å²) in [4.78, 5) is 14.9. The molecule has 1 aliphatic carbocycles. The predicted octanol–water partition coefficient (Wildman–Crippen LogP) is 2.11. The molecule has 4 nitrogen and oxygen atoms in total. The Balaban J connectivity index is 2.11. The number of nitrogens with zero attached hydrogens (tertiary/aromatic N) is 1. The van der Waals surface area contributed by atoms with Crippen LogP contribution in [0.2, 0.25) is 0 Å². The molecular weight excluding hydrogens is 302 g/mol. The van der Waals surface area contributed by atoms with E-state index in [-0.39, 0.29) is 11.9 Å². The van der Waals surface area contributed by atoms with Gasteiger partial charge < -0.3 is 5.32 Å². The minimum absolute atomic E-state index is 0.000602. The first-order chi connectivity index (χ1) is 8.05. The third-order valence-corrected chi connectivity index (χ3v) is 5.27. The monoisotopic (exact) mass is 313 g/mol. The SMILES string of the molecule is CN1C(=N)NC(c2cc(Br)cs2)(C2CC2)C1=O. The zero-order valence-electron chi connectivity index (χ0n) is 9.29. The van der Waals surface area contributed by atoms with Gasteiger partial charge in [-0.25, -0.2) is 0 Å². The van der Waals surface area contributed by atoms with Crippen molar-refractivity contribution in [1.82, 2.24) is 10.2 Å². The summed E-state index contributed by atoms with van der Waals surface area (Å²) >= 11 is 5.00. The van der Waals surface area contributed by atoms with E-state index in [4.69, 9.17) is 5.41 Å². The Morgan fingerprint density at radius 2 is 2.35 bits per heavy atom. The summed E-state index contributed by atoms with van der Waals surface area (Å²) in [5.41, 5.74) is -0.678. The first-order valence-electron chi connectivity index (χ1n) is 5.45. The first-order valence-corrected chi connectivity index (χ1v) is 7.12. The second-order valence-electron chi connectivity index (χ2n) is 4.55. The molecular formula is C11H12BrN3OS. The number of rotatable bonds is 2. The lowest BCUT2D eigenvalue weighted by molar-refractivity contribution is -0.131. The van der Waals surface area contributed by atoms with Gasteiger partial charge in [-0.3, -0.25) is 15.1 Å². The molecule has 1 saturated carbocycles. The largest absolute Gasteiger partial charge is 0.337 e. The van der Waals surface area contributed by atoms with Crippen LogP contribution in [-0.4, -0.2) is 23.8 Å². The summed E-state index contributed by atoms with van der Waals surface area (Å²) in [6, 6.07) is 1.99. The topological polar surface area (TPSA) is 56.2 Å². The van der Waals surface area contributed by atoms with E-state index >= 15 is 0 Å². The number of hydrogen-bond acceptors (Lipinski definition) is 3. The number of nitrogens with one attached hydrogen (secondary N) is 2. The van der Waals surface area contributed by atoms with Gasteiger partial charge in [0.15, 0.2) is 11.5 Å². The van der Waals surface area contributed by atoms with Crippen molar-refractivity contribution in [2.75, 3.05) is 7.05 Å². The van der Waals surface area contributed by atoms with Gasteiger partial charge in [0, 0.05) is 21.8 Å². The normalized spacial score (nSPS) is 28.7. The van der Waals surface area contributed by atoms with E-state index in [2.05, 4.69) is 21.2 Å². The molecule has 1 amide bonds. The van der Waals surface area contributed by atoms with Crippen molar-refractivity contribution in [2.24, 2.45) is 5.92 Å². The average Bonchev–Trinajstić information content (AvgIpc) is 3.02. The maximum atomic E-state index is 12.4. The van der Waals surface area contributed by atoms with Crippen molar-refractivity contribution >= 4 is 39.1 Å². The third-order valence-electron chi connectivity index (χ3n) is 3.44. The summed E-state index contributed by atoms with van der Waals surface area (Å²) in [6.45, 7) is 0. The van der Waals surface area contributed by atoms with Gasteiger partial charge in [-0.2, -0.15) is 0 Å². The molecule has 3 rings (SSSR count). The van der Waals surface area contributed by atoms with Crippen LogP contribution >= 0.6 is 27.3 Å². The third kappa shape index (κ3) is 1.47.